The number of methoxy groups -OCH3 is 1. The number of hydrogen-bond acceptors (Lipinski definition) is 6. The maximum absolute atomic E-state index is 12.2. The van der Waals surface area contributed by atoms with Crippen LogP contribution in [0, 0.1) is 0 Å². The molecule has 10 heteroatoms. The number of urea groups is 1. The van der Waals surface area contributed by atoms with E-state index < -0.39 is 30.6 Å². The number of esters is 1. The number of nitrogens with two attached hydrogens (primary N) is 1. The molecule has 0 radical (unpaired) electrons. The van der Waals surface area contributed by atoms with Crippen molar-refractivity contribution in [1.29, 1.82) is 0 Å². The number of primary amides is 1. The number of imide groups is 1. The Morgan fingerprint density at radius 2 is 1.87 bits per heavy atom. The van der Waals surface area contributed by atoms with E-state index in [1.807, 2.05) is 0 Å². The fourth-order valence-corrected chi connectivity index (χ4v) is 1.49. The van der Waals surface area contributed by atoms with Gasteiger partial charge in [-0.1, -0.05) is 0 Å². The van der Waals surface area contributed by atoms with Crippen molar-refractivity contribution < 1.29 is 37.4 Å². The van der Waals surface area contributed by atoms with Crippen molar-refractivity contribution in [1.82, 2.24) is 5.32 Å². The highest BCUT2D eigenvalue weighted by Gasteiger charge is 2.21. The Morgan fingerprint density at radius 1 is 1.22 bits per heavy atom. The highest BCUT2D eigenvalue weighted by atomic mass is 19.3. The third-order valence-electron chi connectivity index (χ3n) is 2.51. The molecule has 0 heterocycles. The minimum atomic E-state index is -3.06. The molecule has 0 aliphatic rings. The van der Waals surface area contributed by atoms with Crippen LogP contribution in [0.5, 0.6) is 11.5 Å². The van der Waals surface area contributed by atoms with Gasteiger partial charge in [-0.25, -0.2) is 9.59 Å². The maximum atomic E-state index is 12.2. The third-order valence-corrected chi connectivity index (χ3v) is 2.51. The second kappa shape index (κ2) is 7.92. The molecule has 0 spiro atoms. The quantitative estimate of drug-likeness (QED) is 0.752. The molecular weight excluding hydrogens is 318 g/mol. The van der Waals surface area contributed by atoms with Gasteiger partial charge >= 0.3 is 18.6 Å². The zero-order valence-corrected chi connectivity index (χ0v) is 12.2. The number of ether oxygens (including phenoxy) is 3. The van der Waals surface area contributed by atoms with Crippen LogP contribution < -0.4 is 20.5 Å². The van der Waals surface area contributed by atoms with Crippen molar-refractivity contribution in [3.8, 4) is 11.5 Å². The van der Waals surface area contributed by atoms with Gasteiger partial charge in [-0.15, -0.1) is 0 Å². The molecule has 0 aliphatic carbocycles. The Balaban J connectivity index is 2.84. The SMILES string of the molecule is COc1cc(C(=O)OC(C)C(=O)NC(N)=O)ccc1OC(F)F. The van der Waals surface area contributed by atoms with Crippen LogP contribution in [0.3, 0.4) is 0 Å². The van der Waals surface area contributed by atoms with Gasteiger partial charge in [-0.05, 0) is 25.1 Å². The van der Waals surface area contributed by atoms with Crippen LogP contribution in [0.15, 0.2) is 18.2 Å². The van der Waals surface area contributed by atoms with Crippen molar-refractivity contribution in [3.63, 3.8) is 0 Å². The molecule has 23 heavy (non-hydrogen) atoms. The molecule has 0 saturated carbocycles. The lowest BCUT2D eigenvalue weighted by Gasteiger charge is -2.14. The average molecular weight is 332 g/mol. The van der Waals surface area contributed by atoms with Crippen LogP contribution >= 0.6 is 0 Å². The van der Waals surface area contributed by atoms with Gasteiger partial charge in [0.2, 0.25) is 0 Å². The van der Waals surface area contributed by atoms with Gasteiger partial charge in [0.05, 0.1) is 12.7 Å². The molecule has 1 aromatic rings. The van der Waals surface area contributed by atoms with Crippen LogP contribution in [0.25, 0.3) is 0 Å². The molecule has 3 N–H and O–H groups in total. The van der Waals surface area contributed by atoms with Gasteiger partial charge in [-0.3, -0.25) is 10.1 Å². The Morgan fingerprint density at radius 3 is 2.39 bits per heavy atom. The molecular formula is C13H14F2N2O6. The van der Waals surface area contributed by atoms with Gasteiger partial charge < -0.3 is 19.9 Å². The molecule has 1 atom stereocenters. The van der Waals surface area contributed by atoms with Crippen molar-refractivity contribution in [2.75, 3.05) is 7.11 Å². The Kier molecular flexibility index (Phi) is 6.24. The van der Waals surface area contributed by atoms with Crippen molar-refractivity contribution in [2.24, 2.45) is 5.73 Å². The smallest absolute Gasteiger partial charge is 0.387 e. The maximum Gasteiger partial charge on any atom is 0.387 e. The van der Waals surface area contributed by atoms with Crippen molar-refractivity contribution in [3.05, 3.63) is 23.8 Å². The topological polar surface area (TPSA) is 117 Å². The Bertz CT molecular complexity index is 608. The molecule has 0 aromatic heterocycles. The summed E-state index contributed by atoms with van der Waals surface area (Å²) in [4.78, 5) is 33.8. The molecule has 1 unspecified atom stereocenters. The van der Waals surface area contributed by atoms with Crippen LogP contribution in [0.1, 0.15) is 17.3 Å². The molecule has 0 bridgehead atoms. The summed E-state index contributed by atoms with van der Waals surface area (Å²) >= 11 is 0. The number of rotatable bonds is 6. The van der Waals surface area contributed by atoms with Gasteiger partial charge in [0.1, 0.15) is 0 Å². The van der Waals surface area contributed by atoms with Crippen molar-refractivity contribution in [2.45, 2.75) is 19.6 Å². The summed E-state index contributed by atoms with van der Waals surface area (Å²) in [5.74, 6) is -2.22. The normalized spacial score (nSPS) is 11.5. The fourth-order valence-electron chi connectivity index (χ4n) is 1.49. The molecule has 0 fully saturated rings. The third kappa shape index (κ3) is 5.41. The fraction of sp³-hybridized carbons (Fsp3) is 0.308. The van der Waals surface area contributed by atoms with E-state index in [0.717, 1.165) is 18.2 Å². The molecule has 0 saturated heterocycles. The summed E-state index contributed by atoms with van der Waals surface area (Å²) in [5, 5.41) is 1.75. The van der Waals surface area contributed by atoms with E-state index in [0.29, 0.717) is 0 Å². The molecule has 1 aromatic carbocycles. The minimum Gasteiger partial charge on any atom is -0.493 e. The predicted molar refractivity (Wildman–Crippen MR) is 72.2 cm³/mol. The van der Waals surface area contributed by atoms with Crippen LogP contribution in [-0.2, 0) is 9.53 Å². The summed E-state index contributed by atoms with van der Waals surface area (Å²) in [6, 6.07) is 2.27. The first-order valence-corrected chi connectivity index (χ1v) is 6.18. The first kappa shape index (κ1) is 18.1. The van der Waals surface area contributed by atoms with E-state index >= 15 is 0 Å². The number of nitrogens with one attached hydrogen (secondary N) is 1. The number of hydrogen-bond donors (Lipinski definition) is 2. The summed E-state index contributed by atoms with van der Waals surface area (Å²) < 4.78 is 38.3. The average Bonchev–Trinajstić information content (AvgIpc) is 2.46. The van der Waals surface area contributed by atoms with Gasteiger partial charge in [0, 0.05) is 0 Å². The number of carbonyl (C=O) groups is 3. The highest BCUT2D eigenvalue weighted by Crippen LogP contribution is 2.29. The number of amides is 3. The van der Waals surface area contributed by atoms with E-state index in [2.05, 4.69) is 4.74 Å². The molecule has 0 aliphatic heterocycles. The van der Waals surface area contributed by atoms with Crippen LogP contribution in [0.4, 0.5) is 13.6 Å². The summed E-state index contributed by atoms with van der Waals surface area (Å²) in [7, 11) is 1.20. The lowest BCUT2D eigenvalue weighted by Crippen LogP contribution is -2.42. The van der Waals surface area contributed by atoms with E-state index in [-0.39, 0.29) is 17.1 Å². The van der Waals surface area contributed by atoms with Gasteiger partial charge in [-0.2, -0.15) is 8.78 Å². The number of halogens is 2. The second-order valence-electron chi connectivity index (χ2n) is 4.15. The molecule has 1 rings (SSSR count). The Labute approximate surface area is 129 Å². The molecule has 126 valence electrons. The number of alkyl halides is 2. The van der Waals surface area contributed by atoms with E-state index in [1.54, 1.807) is 5.32 Å². The van der Waals surface area contributed by atoms with Crippen LogP contribution in [-0.4, -0.2) is 37.7 Å². The highest BCUT2D eigenvalue weighted by molar-refractivity contribution is 5.98. The minimum absolute atomic E-state index is 0.0674. The molecule has 3 amide bonds. The first-order valence-electron chi connectivity index (χ1n) is 6.18. The monoisotopic (exact) mass is 332 g/mol. The predicted octanol–water partition coefficient (Wildman–Crippen LogP) is 1.04. The lowest BCUT2D eigenvalue weighted by atomic mass is 10.2. The van der Waals surface area contributed by atoms with Crippen LogP contribution in [0.2, 0.25) is 0 Å². The summed E-state index contributed by atoms with van der Waals surface area (Å²) in [6.07, 6.45) is -1.29. The first-order chi connectivity index (χ1) is 10.7. The second-order valence-corrected chi connectivity index (χ2v) is 4.15. The number of carbonyl (C=O) groups excluding carboxylic acids is 3. The summed E-state index contributed by atoms with van der Waals surface area (Å²) in [5.41, 5.74) is 4.70. The van der Waals surface area contributed by atoms with E-state index in [1.165, 1.54) is 14.0 Å². The van der Waals surface area contributed by atoms with Gasteiger partial charge in [0.25, 0.3) is 5.91 Å². The van der Waals surface area contributed by atoms with E-state index in [9.17, 15) is 23.2 Å². The summed E-state index contributed by atoms with van der Waals surface area (Å²) in [6.45, 7) is -1.83. The standard InChI is InChI=1S/C13H14F2N2O6/c1-6(10(18)17-13(16)20)22-11(19)7-3-4-8(23-12(14)15)9(5-7)21-2/h3-6,12H,1-2H3,(H3,16,17,18,20). The van der Waals surface area contributed by atoms with E-state index in [4.69, 9.17) is 15.2 Å². The lowest BCUT2D eigenvalue weighted by molar-refractivity contribution is -0.127. The Hall–Kier alpha value is -2.91. The number of benzene rings is 1. The zero-order valence-electron chi connectivity index (χ0n) is 12.2. The molecule has 8 nitrogen and oxygen atoms in total. The van der Waals surface area contributed by atoms with Crippen molar-refractivity contribution >= 4 is 17.9 Å². The largest absolute Gasteiger partial charge is 0.493 e. The zero-order chi connectivity index (χ0) is 17.6. The van der Waals surface area contributed by atoms with Gasteiger partial charge in [0.15, 0.2) is 17.6 Å².